The van der Waals surface area contributed by atoms with E-state index in [2.05, 4.69) is 10.6 Å². The number of carboxylic acid groups (broad SMARTS) is 1. The number of carboxylic acids is 1. The number of carbonyl (C=O) groups is 4. The van der Waals surface area contributed by atoms with Crippen molar-refractivity contribution in [1.29, 1.82) is 0 Å². The van der Waals surface area contributed by atoms with Crippen LogP contribution in [0.3, 0.4) is 0 Å². The molecule has 2 rings (SSSR count). The quantitative estimate of drug-likeness (QED) is 0.419. The lowest BCUT2D eigenvalue weighted by molar-refractivity contribution is -0.142. The first-order chi connectivity index (χ1) is 17.3. The third-order valence-electron chi connectivity index (χ3n) is 6.49. The third-order valence-corrected chi connectivity index (χ3v) is 7.13. The first kappa shape index (κ1) is 30.5. The van der Waals surface area contributed by atoms with Gasteiger partial charge < -0.3 is 25.4 Å². The largest absolute Gasteiger partial charge is 0.480 e. The summed E-state index contributed by atoms with van der Waals surface area (Å²) in [5, 5.41) is 15.1. The minimum atomic E-state index is -1.11. The van der Waals surface area contributed by atoms with E-state index < -0.39 is 41.1 Å². The molecular weight excluding hydrogens is 494 g/mol. The molecule has 0 saturated carbocycles. The van der Waals surface area contributed by atoms with Crippen molar-refractivity contribution in [1.82, 2.24) is 15.5 Å². The van der Waals surface area contributed by atoms with E-state index in [1.165, 1.54) is 11.8 Å². The second-order valence-electron chi connectivity index (χ2n) is 10.8. The Morgan fingerprint density at radius 2 is 1.68 bits per heavy atom. The number of hydrogen-bond donors (Lipinski definition) is 3. The van der Waals surface area contributed by atoms with Gasteiger partial charge >= 0.3 is 12.1 Å². The predicted octanol–water partition coefficient (Wildman–Crippen LogP) is 3.42. The molecule has 0 aromatic heterocycles. The van der Waals surface area contributed by atoms with Gasteiger partial charge in [0.15, 0.2) is 0 Å². The number of amides is 3. The van der Waals surface area contributed by atoms with Gasteiger partial charge in [-0.25, -0.2) is 9.59 Å². The summed E-state index contributed by atoms with van der Waals surface area (Å²) in [6.45, 7) is 9.69. The minimum absolute atomic E-state index is 0.270. The number of thioether (sulfide) groups is 1. The topological polar surface area (TPSA) is 125 Å². The monoisotopic (exact) mass is 535 g/mol. The van der Waals surface area contributed by atoms with Crippen molar-refractivity contribution < 1.29 is 29.0 Å². The highest BCUT2D eigenvalue weighted by Gasteiger charge is 2.45. The molecular formula is C27H41N3O6S. The zero-order valence-corrected chi connectivity index (χ0v) is 23.5. The van der Waals surface area contributed by atoms with Gasteiger partial charge in [0.2, 0.25) is 11.8 Å². The zero-order valence-electron chi connectivity index (χ0n) is 22.7. The van der Waals surface area contributed by atoms with Crippen LogP contribution in [-0.2, 0) is 24.5 Å². The summed E-state index contributed by atoms with van der Waals surface area (Å²) in [4.78, 5) is 52.9. The van der Waals surface area contributed by atoms with E-state index in [1.807, 2.05) is 71.2 Å². The number of piperidine rings is 1. The summed E-state index contributed by atoms with van der Waals surface area (Å²) in [5.41, 5.74) is -0.759. The molecule has 2 atom stereocenters. The van der Waals surface area contributed by atoms with Crippen molar-refractivity contribution in [2.24, 2.45) is 5.92 Å². The summed E-state index contributed by atoms with van der Waals surface area (Å²) in [5.74, 6) is -1.62. The van der Waals surface area contributed by atoms with Crippen LogP contribution in [0.1, 0.15) is 59.4 Å². The van der Waals surface area contributed by atoms with Crippen LogP contribution in [0.25, 0.3) is 0 Å². The Bertz CT molecular complexity index is 939. The van der Waals surface area contributed by atoms with E-state index in [9.17, 15) is 24.3 Å². The van der Waals surface area contributed by atoms with Crippen molar-refractivity contribution in [3.05, 3.63) is 35.9 Å². The first-order valence-corrected chi connectivity index (χ1v) is 14.1. The number of aliphatic carboxylic acids is 1. The Morgan fingerprint density at radius 3 is 2.16 bits per heavy atom. The summed E-state index contributed by atoms with van der Waals surface area (Å²) in [6.07, 6.45) is 2.46. The van der Waals surface area contributed by atoms with E-state index in [0.29, 0.717) is 31.7 Å². The van der Waals surface area contributed by atoms with Crippen molar-refractivity contribution >= 4 is 35.6 Å². The fraction of sp³-hybridized carbons (Fsp3) is 0.630. The van der Waals surface area contributed by atoms with Crippen LogP contribution < -0.4 is 10.6 Å². The SMILES string of the molecule is CSCCC(NC(=O)C(NC(=O)C1(c2ccccc2)CCN(C(=O)OC(C)(C)C)CC1)C(C)C)C(=O)O. The fourth-order valence-electron chi connectivity index (χ4n) is 4.37. The molecule has 1 aromatic rings. The van der Waals surface area contributed by atoms with Gasteiger partial charge in [0, 0.05) is 13.1 Å². The zero-order chi connectivity index (χ0) is 27.8. The molecule has 1 aromatic carbocycles. The maximum atomic E-state index is 13.9. The third kappa shape index (κ3) is 8.38. The first-order valence-electron chi connectivity index (χ1n) is 12.7. The molecule has 1 aliphatic heterocycles. The smallest absolute Gasteiger partial charge is 0.410 e. The maximum absolute atomic E-state index is 13.9. The molecule has 206 valence electrons. The summed E-state index contributed by atoms with van der Waals surface area (Å²) >= 11 is 1.50. The van der Waals surface area contributed by atoms with Crippen molar-refractivity contribution in [3.63, 3.8) is 0 Å². The number of benzene rings is 1. The number of ether oxygens (including phenoxy) is 1. The lowest BCUT2D eigenvalue weighted by Gasteiger charge is -2.42. The van der Waals surface area contributed by atoms with Crippen LogP contribution in [0.2, 0.25) is 0 Å². The second kappa shape index (κ2) is 13.2. The van der Waals surface area contributed by atoms with E-state index >= 15 is 0 Å². The van der Waals surface area contributed by atoms with Crippen LogP contribution in [0.4, 0.5) is 4.79 Å². The molecule has 10 heteroatoms. The van der Waals surface area contributed by atoms with Crippen LogP contribution in [0.5, 0.6) is 0 Å². The molecule has 1 aliphatic rings. The Labute approximate surface area is 224 Å². The number of hydrogen-bond acceptors (Lipinski definition) is 6. The van der Waals surface area contributed by atoms with Crippen LogP contribution >= 0.6 is 11.8 Å². The summed E-state index contributed by atoms with van der Waals surface area (Å²) in [6, 6.07) is 7.43. The van der Waals surface area contributed by atoms with Crippen LogP contribution in [0, 0.1) is 5.92 Å². The lowest BCUT2D eigenvalue weighted by atomic mass is 9.71. The Hall–Kier alpha value is -2.75. The van der Waals surface area contributed by atoms with Gasteiger partial charge in [-0.1, -0.05) is 44.2 Å². The second-order valence-corrected chi connectivity index (χ2v) is 11.8. The Morgan fingerprint density at radius 1 is 1.08 bits per heavy atom. The number of likely N-dealkylation sites (tertiary alicyclic amines) is 1. The molecule has 37 heavy (non-hydrogen) atoms. The Kier molecular flexibility index (Phi) is 10.8. The van der Waals surface area contributed by atoms with Crippen LogP contribution in [0.15, 0.2) is 30.3 Å². The van der Waals surface area contributed by atoms with Crippen molar-refractivity contribution in [2.45, 2.75) is 77.0 Å². The summed E-state index contributed by atoms with van der Waals surface area (Å²) in [7, 11) is 0. The van der Waals surface area contributed by atoms with Crippen LogP contribution in [-0.4, -0.2) is 76.7 Å². The fourth-order valence-corrected chi connectivity index (χ4v) is 4.84. The number of rotatable bonds is 10. The van der Waals surface area contributed by atoms with Crippen molar-refractivity contribution in [2.75, 3.05) is 25.1 Å². The van der Waals surface area contributed by atoms with E-state index in [-0.39, 0.29) is 18.2 Å². The molecule has 0 radical (unpaired) electrons. The highest BCUT2D eigenvalue weighted by atomic mass is 32.2. The molecule has 1 fully saturated rings. The molecule has 0 spiro atoms. The van der Waals surface area contributed by atoms with E-state index in [1.54, 1.807) is 4.90 Å². The normalized spacial score (nSPS) is 17.0. The molecule has 1 heterocycles. The molecule has 1 saturated heterocycles. The number of nitrogens with zero attached hydrogens (tertiary/aromatic N) is 1. The Balaban J connectivity index is 2.25. The van der Waals surface area contributed by atoms with Gasteiger partial charge in [-0.2, -0.15) is 11.8 Å². The highest BCUT2D eigenvalue weighted by molar-refractivity contribution is 7.98. The van der Waals surface area contributed by atoms with Gasteiger partial charge in [0.05, 0.1) is 5.41 Å². The minimum Gasteiger partial charge on any atom is -0.480 e. The standard InChI is InChI=1S/C27H41N3O6S/c1-18(2)21(22(31)28-20(23(32)33)12-17-37-6)29-24(34)27(19-10-8-7-9-11-19)13-15-30(16-14-27)25(35)36-26(3,4)5/h7-11,18,20-21H,12-17H2,1-6H3,(H,28,31)(H,29,34)(H,32,33). The van der Waals surface area contributed by atoms with Crippen molar-refractivity contribution in [3.8, 4) is 0 Å². The van der Waals surface area contributed by atoms with Gasteiger partial charge in [-0.15, -0.1) is 0 Å². The molecule has 9 nitrogen and oxygen atoms in total. The van der Waals surface area contributed by atoms with Gasteiger partial charge in [-0.3, -0.25) is 9.59 Å². The average molecular weight is 536 g/mol. The predicted molar refractivity (Wildman–Crippen MR) is 144 cm³/mol. The number of carbonyl (C=O) groups excluding carboxylic acids is 3. The molecule has 3 N–H and O–H groups in total. The number of nitrogens with one attached hydrogen (secondary N) is 2. The highest BCUT2D eigenvalue weighted by Crippen LogP contribution is 2.36. The lowest BCUT2D eigenvalue weighted by Crippen LogP contribution is -2.59. The summed E-state index contributed by atoms with van der Waals surface area (Å²) < 4.78 is 5.51. The molecule has 3 amide bonds. The maximum Gasteiger partial charge on any atom is 0.410 e. The van der Waals surface area contributed by atoms with Gasteiger partial charge in [0.25, 0.3) is 0 Å². The molecule has 2 unspecified atom stereocenters. The van der Waals surface area contributed by atoms with E-state index in [0.717, 1.165) is 5.56 Å². The van der Waals surface area contributed by atoms with Gasteiger partial charge in [-0.05, 0) is 63.5 Å². The average Bonchev–Trinajstić information content (AvgIpc) is 2.83. The molecule has 0 aliphatic carbocycles. The van der Waals surface area contributed by atoms with Gasteiger partial charge in [0.1, 0.15) is 17.7 Å². The van der Waals surface area contributed by atoms with E-state index in [4.69, 9.17) is 4.74 Å². The molecule has 0 bridgehead atoms.